The van der Waals surface area contributed by atoms with Gasteiger partial charge >= 0.3 is 11.7 Å². The number of fused-ring (bicyclic) bond motifs is 3. The second-order valence-electron chi connectivity index (χ2n) is 9.04. The molecule has 188 valence electrons. The summed E-state index contributed by atoms with van der Waals surface area (Å²) in [5, 5.41) is 2.84. The number of aromatic nitrogens is 3. The van der Waals surface area contributed by atoms with Crippen molar-refractivity contribution in [3.05, 3.63) is 57.8 Å². The van der Waals surface area contributed by atoms with Gasteiger partial charge in [-0.3, -0.25) is 9.55 Å². The zero-order valence-corrected chi connectivity index (χ0v) is 21.0. The van der Waals surface area contributed by atoms with E-state index in [1.165, 1.54) is 0 Å². The van der Waals surface area contributed by atoms with Gasteiger partial charge in [0.25, 0.3) is 0 Å². The molecule has 0 saturated carbocycles. The lowest BCUT2D eigenvalue weighted by molar-refractivity contribution is 0.218. The van der Waals surface area contributed by atoms with Crippen LogP contribution in [-0.2, 0) is 13.0 Å². The van der Waals surface area contributed by atoms with E-state index < -0.39 is 0 Å². The molecule has 0 unspecified atom stereocenters. The number of hydrogen-bond donors (Lipinski definition) is 1. The van der Waals surface area contributed by atoms with E-state index in [9.17, 15) is 9.59 Å². The van der Waals surface area contributed by atoms with Crippen LogP contribution in [0.2, 0.25) is 0 Å². The summed E-state index contributed by atoms with van der Waals surface area (Å²) in [4.78, 5) is 38.1. The fourth-order valence-corrected chi connectivity index (χ4v) is 5.08. The van der Waals surface area contributed by atoms with Crippen molar-refractivity contribution in [2.75, 3.05) is 45.3 Å². The normalized spacial score (nSPS) is 14.2. The van der Waals surface area contributed by atoms with Crippen LogP contribution in [0, 0.1) is 13.8 Å². The summed E-state index contributed by atoms with van der Waals surface area (Å²) in [6, 6.07) is 5.77. The average molecular weight is 491 g/mol. The largest absolute Gasteiger partial charge is 0.493 e. The number of urea groups is 1. The van der Waals surface area contributed by atoms with E-state index in [1.807, 2.05) is 36.9 Å². The zero-order valence-electron chi connectivity index (χ0n) is 21.0. The minimum atomic E-state index is -0.309. The molecule has 1 saturated heterocycles. The van der Waals surface area contributed by atoms with Gasteiger partial charge in [0.2, 0.25) is 0 Å². The molecule has 1 aromatic carbocycles. The first-order valence-electron chi connectivity index (χ1n) is 12.0. The lowest BCUT2D eigenvalue weighted by atomic mass is 9.96. The third kappa shape index (κ3) is 4.12. The maximum atomic E-state index is 13.3. The van der Waals surface area contributed by atoms with Crippen molar-refractivity contribution in [2.45, 2.75) is 26.8 Å². The van der Waals surface area contributed by atoms with Gasteiger partial charge in [-0.1, -0.05) is 0 Å². The van der Waals surface area contributed by atoms with E-state index in [2.05, 4.69) is 15.3 Å². The molecule has 1 fully saturated rings. The fourth-order valence-electron chi connectivity index (χ4n) is 5.08. The Labute approximate surface area is 209 Å². The van der Waals surface area contributed by atoms with Gasteiger partial charge < -0.3 is 24.6 Å². The van der Waals surface area contributed by atoms with Crippen LogP contribution in [0.3, 0.4) is 0 Å². The number of hydrogen-bond acceptors (Lipinski definition) is 7. The third-order valence-corrected chi connectivity index (χ3v) is 6.86. The molecule has 2 aromatic heterocycles. The molecular formula is C26H30N6O4. The van der Waals surface area contributed by atoms with E-state index in [0.29, 0.717) is 56.5 Å². The Morgan fingerprint density at radius 3 is 2.42 bits per heavy atom. The van der Waals surface area contributed by atoms with Crippen LogP contribution in [-0.4, -0.2) is 65.9 Å². The van der Waals surface area contributed by atoms with Crippen LogP contribution in [0.15, 0.2) is 35.4 Å². The predicted molar refractivity (Wildman–Crippen MR) is 136 cm³/mol. The molecule has 1 N–H and O–H groups in total. The molecule has 36 heavy (non-hydrogen) atoms. The molecule has 0 spiro atoms. The van der Waals surface area contributed by atoms with Gasteiger partial charge in [0.05, 0.1) is 25.6 Å². The van der Waals surface area contributed by atoms with Gasteiger partial charge in [-0.2, -0.15) is 4.98 Å². The Kier molecular flexibility index (Phi) is 6.26. The Hall–Kier alpha value is -4.08. The molecule has 5 rings (SSSR count). The highest BCUT2D eigenvalue weighted by Crippen LogP contribution is 2.39. The molecule has 2 aliphatic rings. The number of carbonyl (C=O) groups is 1. The molecule has 2 aliphatic heterocycles. The number of nitrogens with zero attached hydrogens (tertiary/aromatic N) is 5. The van der Waals surface area contributed by atoms with E-state index in [1.54, 1.807) is 36.1 Å². The van der Waals surface area contributed by atoms with Crippen LogP contribution < -0.4 is 25.4 Å². The van der Waals surface area contributed by atoms with E-state index in [4.69, 9.17) is 9.47 Å². The number of ether oxygens (including phenoxy) is 2. The van der Waals surface area contributed by atoms with Crippen molar-refractivity contribution in [1.29, 1.82) is 0 Å². The third-order valence-electron chi connectivity index (χ3n) is 6.86. The molecule has 0 bridgehead atoms. The molecule has 4 heterocycles. The average Bonchev–Trinajstić information content (AvgIpc) is 3.29. The maximum absolute atomic E-state index is 13.3. The van der Waals surface area contributed by atoms with E-state index in [0.717, 1.165) is 33.6 Å². The summed E-state index contributed by atoms with van der Waals surface area (Å²) in [6.07, 6.45) is 4.30. The number of pyridine rings is 1. The van der Waals surface area contributed by atoms with E-state index in [-0.39, 0.29) is 11.7 Å². The van der Waals surface area contributed by atoms with Crippen molar-refractivity contribution in [3.63, 3.8) is 0 Å². The van der Waals surface area contributed by atoms with Gasteiger partial charge in [0, 0.05) is 56.7 Å². The summed E-state index contributed by atoms with van der Waals surface area (Å²) in [6.45, 7) is 6.77. The van der Waals surface area contributed by atoms with Crippen LogP contribution in [0.25, 0.3) is 11.3 Å². The van der Waals surface area contributed by atoms with Gasteiger partial charge in [0.1, 0.15) is 5.82 Å². The number of anilines is 2. The number of aryl methyl sites for hydroxylation is 3. The van der Waals surface area contributed by atoms with Crippen LogP contribution in [0.4, 0.5) is 16.3 Å². The minimum absolute atomic E-state index is 0.0773. The molecular weight excluding hydrogens is 460 g/mol. The quantitative estimate of drug-likeness (QED) is 0.543. The number of nitrogens with one attached hydrogen (secondary N) is 1. The summed E-state index contributed by atoms with van der Waals surface area (Å²) >= 11 is 0. The summed E-state index contributed by atoms with van der Waals surface area (Å²) in [5.41, 5.74) is 5.34. The zero-order chi connectivity index (χ0) is 25.4. The van der Waals surface area contributed by atoms with Gasteiger partial charge in [-0.05, 0) is 49.1 Å². The minimum Gasteiger partial charge on any atom is -0.493 e. The summed E-state index contributed by atoms with van der Waals surface area (Å²) in [7, 11) is 3.22. The lowest BCUT2D eigenvalue weighted by Gasteiger charge is -2.30. The molecule has 0 atom stereocenters. The predicted octanol–water partition coefficient (Wildman–Crippen LogP) is 2.66. The maximum Gasteiger partial charge on any atom is 0.350 e. The smallest absolute Gasteiger partial charge is 0.350 e. The van der Waals surface area contributed by atoms with Gasteiger partial charge in [0.15, 0.2) is 11.5 Å². The Bertz CT molecular complexity index is 1370. The highest BCUT2D eigenvalue weighted by Gasteiger charge is 2.26. The first-order valence-corrected chi connectivity index (χ1v) is 12.0. The van der Waals surface area contributed by atoms with Crippen LogP contribution in [0.1, 0.15) is 16.7 Å². The standard InChI is InChI=1S/C26H30N6O4/c1-16-14-27-15-17(2)24(16)32(10-9-30-8-6-28-25(30)33)23-13-20-19-12-22(36-4)21(35-3)11-18(19)5-7-31(20)26(34)29-23/h11-15H,5-10H2,1-4H3,(H,28,33). The van der Waals surface area contributed by atoms with Crippen molar-refractivity contribution in [1.82, 2.24) is 24.8 Å². The van der Waals surface area contributed by atoms with Crippen molar-refractivity contribution in [3.8, 4) is 22.8 Å². The number of benzene rings is 1. The monoisotopic (exact) mass is 490 g/mol. The fraction of sp³-hybridized carbons (Fsp3) is 0.385. The first kappa shape index (κ1) is 23.7. The molecule has 3 aromatic rings. The number of rotatable bonds is 7. The second kappa shape index (κ2) is 9.52. The highest BCUT2D eigenvalue weighted by molar-refractivity contribution is 5.77. The van der Waals surface area contributed by atoms with Crippen LogP contribution >= 0.6 is 0 Å². The SMILES string of the molecule is COc1cc2c(cc1OC)-c1cc(N(CCN3CCNC3=O)c3c(C)cncc3C)nc(=O)n1CC2. The molecule has 2 amide bonds. The summed E-state index contributed by atoms with van der Waals surface area (Å²) < 4.78 is 12.7. The Balaban J connectivity index is 1.63. The molecule has 0 aliphatic carbocycles. The first-order chi connectivity index (χ1) is 17.4. The number of carbonyl (C=O) groups excluding carboxylic acids is 1. The van der Waals surface area contributed by atoms with Crippen molar-refractivity contribution >= 4 is 17.5 Å². The second-order valence-corrected chi connectivity index (χ2v) is 9.04. The van der Waals surface area contributed by atoms with Crippen molar-refractivity contribution in [2.24, 2.45) is 0 Å². The number of amides is 2. The molecule has 0 radical (unpaired) electrons. The molecule has 10 heteroatoms. The van der Waals surface area contributed by atoms with Gasteiger partial charge in [-0.25, -0.2) is 9.59 Å². The topological polar surface area (TPSA) is 102 Å². The van der Waals surface area contributed by atoms with Crippen molar-refractivity contribution < 1.29 is 14.3 Å². The Morgan fingerprint density at radius 2 is 1.75 bits per heavy atom. The Morgan fingerprint density at radius 1 is 1.03 bits per heavy atom. The lowest BCUT2D eigenvalue weighted by Crippen LogP contribution is -2.37. The van der Waals surface area contributed by atoms with Gasteiger partial charge in [-0.15, -0.1) is 0 Å². The highest BCUT2D eigenvalue weighted by atomic mass is 16.5. The molecule has 10 nitrogen and oxygen atoms in total. The van der Waals surface area contributed by atoms with E-state index >= 15 is 0 Å². The number of methoxy groups -OCH3 is 2. The summed E-state index contributed by atoms with van der Waals surface area (Å²) in [5.74, 6) is 1.80. The van der Waals surface area contributed by atoms with Crippen LogP contribution in [0.5, 0.6) is 11.5 Å².